The first kappa shape index (κ1) is 15.4. The largest absolute Gasteiger partial charge is 0.364 e. The lowest BCUT2D eigenvalue weighted by Crippen LogP contribution is -2.11. The molecule has 0 spiro atoms. The van der Waals surface area contributed by atoms with Crippen LogP contribution >= 0.6 is 11.8 Å². The average molecular weight is 324 g/mol. The van der Waals surface area contributed by atoms with E-state index in [2.05, 4.69) is 47.0 Å². The molecule has 0 aliphatic rings. The maximum atomic E-state index is 11.9. The highest BCUT2D eigenvalue weighted by atomic mass is 32.2. The lowest BCUT2D eigenvalue weighted by atomic mass is 10.2. The molecule has 3 aromatic rings. The van der Waals surface area contributed by atoms with Crippen LogP contribution in [0.5, 0.6) is 0 Å². The molecule has 0 fully saturated rings. The highest BCUT2D eigenvalue weighted by Gasteiger charge is 2.09. The maximum Gasteiger partial charge on any atom is 0.277 e. The van der Waals surface area contributed by atoms with Crippen LogP contribution in [-0.2, 0) is 0 Å². The molecule has 23 heavy (non-hydrogen) atoms. The van der Waals surface area contributed by atoms with Gasteiger partial charge in [0.05, 0.1) is 0 Å². The van der Waals surface area contributed by atoms with E-state index in [9.17, 15) is 4.79 Å². The molecule has 0 saturated carbocycles. The molecule has 4 nitrogen and oxygen atoms in total. The van der Waals surface area contributed by atoms with E-state index in [0.717, 1.165) is 10.6 Å². The number of nitrogens with zero attached hydrogens (tertiary/aromatic N) is 1. The topological polar surface area (TPSA) is 55.1 Å². The number of nitrogens with one attached hydrogen (secondary N) is 1. The predicted molar refractivity (Wildman–Crippen MR) is 90.9 cm³/mol. The number of aromatic nitrogens is 1. The Hall–Kier alpha value is -2.53. The molecular formula is C18H16N2O2S. The number of carbonyl (C=O) groups excluding carboxylic acids is 1. The molecule has 2 aromatic carbocycles. The van der Waals surface area contributed by atoms with Crippen molar-refractivity contribution in [3.8, 4) is 0 Å². The normalized spacial score (nSPS) is 10.5. The van der Waals surface area contributed by atoms with Crippen LogP contribution in [0, 0.1) is 13.8 Å². The van der Waals surface area contributed by atoms with Gasteiger partial charge in [-0.1, -0.05) is 29.1 Å². The van der Waals surface area contributed by atoms with Crippen LogP contribution in [0.4, 0.5) is 5.69 Å². The molecule has 3 rings (SSSR count). The van der Waals surface area contributed by atoms with Crippen LogP contribution in [0.15, 0.2) is 69.1 Å². The highest BCUT2D eigenvalue weighted by molar-refractivity contribution is 7.99. The fraction of sp³-hybridized carbons (Fsp3) is 0.111. The van der Waals surface area contributed by atoms with Gasteiger partial charge in [0.1, 0.15) is 6.26 Å². The third kappa shape index (κ3) is 3.81. The van der Waals surface area contributed by atoms with Crippen molar-refractivity contribution in [3.63, 3.8) is 0 Å². The smallest absolute Gasteiger partial charge is 0.277 e. The summed E-state index contributed by atoms with van der Waals surface area (Å²) in [5, 5.41) is 6.40. The quantitative estimate of drug-likeness (QED) is 0.756. The van der Waals surface area contributed by atoms with Crippen LogP contribution in [0.2, 0.25) is 0 Å². The Balaban J connectivity index is 1.70. The monoisotopic (exact) mass is 324 g/mol. The number of amides is 1. The van der Waals surface area contributed by atoms with Gasteiger partial charge in [-0.25, -0.2) is 0 Å². The van der Waals surface area contributed by atoms with Gasteiger partial charge >= 0.3 is 0 Å². The summed E-state index contributed by atoms with van der Waals surface area (Å²) in [4.78, 5) is 14.3. The number of carbonyl (C=O) groups is 1. The molecule has 1 N–H and O–H groups in total. The molecule has 5 heteroatoms. The van der Waals surface area contributed by atoms with E-state index in [1.807, 2.05) is 24.3 Å². The molecular weight excluding hydrogens is 308 g/mol. The molecule has 1 amide bonds. The van der Waals surface area contributed by atoms with Crippen molar-refractivity contribution in [2.45, 2.75) is 23.6 Å². The van der Waals surface area contributed by atoms with Crippen LogP contribution in [0.1, 0.15) is 21.6 Å². The third-order valence-electron chi connectivity index (χ3n) is 3.35. The molecule has 0 aliphatic carbocycles. The minimum absolute atomic E-state index is 0.263. The second-order valence-electron chi connectivity index (χ2n) is 5.23. The second kappa shape index (κ2) is 6.71. The first-order valence-corrected chi connectivity index (χ1v) is 8.00. The molecule has 0 atom stereocenters. The van der Waals surface area contributed by atoms with Gasteiger partial charge in [-0.05, 0) is 55.3 Å². The molecule has 0 bridgehead atoms. The van der Waals surface area contributed by atoms with Gasteiger partial charge in [-0.2, -0.15) is 0 Å². The Morgan fingerprint density at radius 2 is 1.87 bits per heavy atom. The lowest BCUT2D eigenvalue weighted by Gasteiger charge is -2.08. The van der Waals surface area contributed by atoms with Crippen LogP contribution in [-0.4, -0.2) is 11.1 Å². The number of aryl methyl sites for hydroxylation is 2. The Morgan fingerprint density at radius 1 is 1.09 bits per heavy atom. The van der Waals surface area contributed by atoms with E-state index in [1.165, 1.54) is 28.4 Å². The van der Waals surface area contributed by atoms with Crippen molar-refractivity contribution in [1.29, 1.82) is 0 Å². The molecule has 1 heterocycles. The molecule has 0 saturated heterocycles. The van der Waals surface area contributed by atoms with E-state index in [0.29, 0.717) is 0 Å². The van der Waals surface area contributed by atoms with Crippen molar-refractivity contribution in [2.75, 3.05) is 5.32 Å². The molecule has 0 unspecified atom stereocenters. The summed E-state index contributed by atoms with van der Waals surface area (Å²) in [5.41, 5.74) is 3.49. The van der Waals surface area contributed by atoms with Gasteiger partial charge in [-0.15, -0.1) is 0 Å². The summed E-state index contributed by atoms with van der Waals surface area (Å²) >= 11 is 1.71. The minimum atomic E-state index is -0.284. The average Bonchev–Trinajstić information content (AvgIpc) is 3.07. The summed E-state index contributed by atoms with van der Waals surface area (Å²) < 4.78 is 4.67. The van der Waals surface area contributed by atoms with Gasteiger partial charge in [0.2, 0.25) is 0 Å². The lowest BCUT2D eigenvalue weighted by molar-refractivity contribution is 0.101. The summed E-state index contributed by atoms with van der Waals surface area (Å²) in [6, 6.07) is 15.7. The molecule has 0 radical (unpaired) electrons. The molecule has 116 valence electrons. The Labute approximate surface area is 138 Å². The van der Waals surface area contributed by atoms with Gasteiger partial charge in [0.25, 0.3) is 5.91 Å². The zero-order valence-electron chi connectivity index (χ0n) is 12.9. The third-order valence-corrected chi connectivity index (χ3v) is 4.52. The molecule has 0 aliphatic heterocycles. The fourth-order valence-corrected chi connectivity index (χ4v) is 3.08. The fourth-order valence-electron chi connectivity index (χ4n) is 2.08. The van der Waals surface area contributed by atoms with Gasteiger partial charge < -0.3 is 9.84 Å². The zero-order valence-corrected chi connectivity index (χ0v) is 13.7. The maximum absolute atomic E-state index is 11.9. The van der Waals surface area contributed by atoms with E-state index in [-0.39, 0.29) is 11.6 Å². The summed E-state index contributed by atoms with van der Waals surface area (Å²) in [7, 11) is 0. The van der Waals surface area contributed by atoms with Gasteiger partial charge in [-0.3, -0.25) is 4.79 Å². The van der Waals surface area contributed by atoms with Crippen molar-refractivity contribution in [3.05, 3.63) is 71.6 Å². The van der Waals surface area contributed by atoms with Crippen LogP contribution in [0.25, 0.3) is 0 Å². The number of hydrogen-bond donors (Lipinski definition) is 1. The van der Waals surface area contributed by atoms with Crippen molar-refractivity contribution in [2.24, 2.45) is 0 Å². The molecule has 1 aromatic heterocycles. The Bertz CT molecular complexity index is 812. The van der Waals surface area contributed by atoms with Crippen molar-refractivity contribution in [1.82, 2.24) is 5.16 Å². The van der Waals surface area contributed by atoms with E-state index in [1.54, 1.807) is 11.8 Å². The summed E-state index contributed by atoms with van der Waals surface area (Å²) in [6.45, 7) is 4.19. The predicted octanol–water partition coefficient (Wildman–Crippen LogP) is 4.69. The van der Waals surface area contributed by atoms with Crippen molar-refractivity contribution >= 4 is 23.4 Å². The van der Waals surface area contributed by atoms with Crippen LogP contribution in [0.3, 0.4) is 0 Å². The van der Waals surface area contributed by atoms with Gasteiger partial charge in [0, 0.05) is 21.5 Å². The van der Waals surface area contributed by atoms with Crippen molar-refractivity contribution < 1.29 is 9.32 Å². The Kier molecular flexibility index (Phi) is 4.48. The summed E-state index contributed by atoms with van der Waals surface area (Å²) in [6.07, 6.45) is 1.37. The minimum Gasteiger partial charge on any atom is -0.364 e. The standard InChI is InChI=1S/C18H16N2O2S/c1-12-3-4-13(2)17(11-12)23-15-7-5-14(6-8-15)19-18(21)16-9-10-22-20-16/h3-11H,1-2H3,(H,19,21). The van der Waals surface area contributed by atoms with Crippen LogP contribution < -0.4 is 5.32 Å². The van der Waals surface area contributed by atoms with E-state index in [4.69, 9.17) is 0 Å². The number of rotatable bonds is 4. The Morgan fingerprint density at radius 3 is 2.57 bits per heavy atom. The zero-order chi connectivity index (χ0) is 16.2. The van der Waals surface area contributed by atoms with E-state index < -0.39 is 0 Å². The second-order valence-corrected chi connectivity index (χ2v) is 6.35. The first-order valence-electron chi connectivity index (χ1n) is 7.19. The summed E-state index contributed by atoms with van der Waals surface area (Å²) in [5.74, 6) is -0.284. The van der Waals surface area contributed by atoms with Gasteiger partial charge in [0.15, 0.2) is 5.69 Å². The van der Waals surface area contributed by atoms with E-state index >= 15 is 0 Å². The highest BCUT2D eigenvalue weighted by Crippen LogP contribution is 2.31. The number of anilines is 1. The number of hydrogen-bond acceptors (Lipinski definition) is 4. The SMILES string of the molecule is Cc1ccc(C)c(Sc2ccc(NC(=O)c3ccon3)cc2)c1. The first-order chi connectivity index (χ1) is 11.1. The number of benzene rings is 2.